The third kappa shape index (κ3) is 3.49. The number of rotatable bonds is 0. The van der Waals surface area contributed by atoms with E-state index in [1.807, 2.05) is 18.2 Å². The van der Waals surface area contributed by atoms with Crippen LogP contribution in [0.4, 0.5) is 15.9 Å². The number of benzene rings is 2. The first-order valence-electron chi connectivity index (χ1n) is 8.05. The van der Waals surface area contributed by atoms with E-state index in [4.69, 9.17) is 25.8 Å². The number of hydrogen-bond donors (Lipinski definition) is 1. The number of halogens is 2. The standard InChI is InChI=1S/C18H15ClFN3O3/c19-13-8-16-17(9-14(13)20)26-6-4-24-3-5-25-11-1-2-15-12(7-11)18(23-16)22-10-21-15/h1-2,7-10H,3-6H2,(H,21,22,23). The van der Waals surface area contributed by atoms with Crippen LogP contribution < -0.4 is 14.8 Å². The normalized spacial score (nSPS) is 14.7. The van der Waals surface area contributed by atoms with Crippen molar-refractivity contribution in [2.45, 2.75) is 0 Å². The van der Waals surface area contributed by atoms with Crippen molar-refractivity contribution < 1.29 is 18.6 Å². The fourth-order valence-electron chi connectivity index (χ4n) is 2.63. The number of hydrogen-bond acceptors (Lipinski definition) is 6. The third-order valence-electron chi connectivity index (χ3n) is 3.86. The van der Waals surface area contributed by atoms with Gasteiger partial charge in [-0.05, 0) is 24.3 Å². The van der Waals surface area contributed by atoms with E-state index in [0.717, 1.165) is 10.9 Å². The van der Waals surface area contributed by atoms with Crippen LogP contribution in [0.2, 0.25) is 5.02 Å². The molecule has 0 radical (unpaired) electrons. The Hall–Kier alpha value is -2.64. The van der Waals surface area contributed by atoms with Gasteiger partial charge in [0.15, 0.2) is 0 Å². The molecule has 0 saturated carbocycles. The first-order valence-corrected chi connectivity index (χ1v) is 8.43. The Labute approximate surface area is 153 Å². The van der Waals surface area contributed by atoms with Crippen molar-refractivity contribution in [3.8, 4) is 11.5 Å². The van der Waals surface area contributed by atoms with E-state index < -0.39 is 5.82 Å². The van der Waals surface area contributed by atoms with Crippen molar-refractivity contribution >= 4 is 34.0 Å². The topological polar surface area (TPSA) is 65.5 Å². The maximum absolute atomic E-state index is 13.9. The summed E-state index contributed by atoms with van der Waals surface area (Å²) < 4.78 is 30.7. The fraction of sp³-hybridized carbons (Fsp3) is 0.222. The van der Waals surface area contributed by atoms with E-state index in [9.17, 15) is 4.39 Å². The Morgan fingerprint density at radius 1 is 1.00 bits per heavy atom. The van der Waals surface area contributed by atoms with Gasteiger partial charge in [0.25, 0.3) is 0 Å². The van der Waals surface area contributed by atoms with Crippen LogP contribution in [0.5, 0.6) is 11.5 Å². The molecule has 0 unspecified atom stereocenters. The highest BCUT2D eigenvalue weighted by atomic mass is 35.5. The van der Waals surface area contributed by atoms with Gasteiger partial charge < -0.3 is 19.5 Å². The summed E-state index contributed by atoms with van der Waals surface area (Å²) in [7, 11) is 0. The smallest absolute Gasteiger partial charge is 0.145 e. The molecule has 0 saturated heterocycles. The zero-order valence-corrected chi connectivity index (χ0v) is 14.4. The monoisotopic (exact) mass is 375 g/mol. The van der Waals surface area contributed by atoms with E-state index >= 15 is 0 Å². The maximum Gasteiger partial charge on any atom is 0.145 e. The maximum atomic E-state index is 13.9. The van der Waals surface area contributed by atoms with Crippen LogP contribution in [0.15, 0.2) is 36.7 Å². The molecular formula is C18H15ClFN3O3. The quantitative estimate of drug-likeness (QED) is 0.641. The molecule has 0 fully saturated rings. The summed E-state index contributed by atoms with van der Waals surface area (Å²) >= 11 is 5.94. The lowest BCUT2D eigenvalue weighted by Gasteiger charge is -2.16. The van der Waals surface area contributed by atoms with Crippen LogP contribution in [0, 0.1) is 5.82 Å². The Balaban J connectivity index is 1.82. The molecule has 134 valence electrons. The Morgan fingerprint density at radius 2 is 1.85 bits per heavy atom. The van der Waals surface area contributed by atoms with Crippen LogP contribution in [0.1, 0.15) is 0 Å². The molecule has 0 spiro atoms. The Kier molecular flexibility index (Phi) is 4.73. The van der Waals surface area contributed by atoms with Crippen molar-refractivity contribution in [3.05, 3.63) is 47.5 Å². The Morgan fingerprint density at radius 3 is 2.73 bits per heavy atom. The van der Waals surface area contributed by atoms with Crippen molar-refractivity contribution in [1.82, 2.24) is 9.97 Å². The van der Waals surface area contributed by atoms with E-state index in [0.29, 0.717) is 42.8 Å². The molecule has 1 aliphatic rings. The van der Waals surface area contributed by atoms with E-state index in [1.54, 1.807) is 0 Å². The minimum absolute atomic E-state index is 0.0143. The number of aromatic nitrogens is 2. The molecular weight excluding hydrogens is 361 g/mol. The van der Waals surface area contributed by atoms with Gasteiger partial charge in [-0.2, -0.15) is 0 Å². The molecule has 3 aromatic rings. The molecule has 2 heterocycles. The number of nitrogens with zero attached hydrogens (tertiary/aromatic N) is 2. The highest BCUT2D eigenvalue weighted by Crippen LogP contribution is 2.34. The summed E-state index contributed by atoms with van der Waals surface area (Å²) in [5, 5.41) is 3.90. The van der Waals surface area contributed by atoms with E-state index in [-0.39, 0.29) is 11.6 Å². The predicted molar refractivity (Wildman–Crippen MR) is 96.0 cm³/mol. The second-order valence-electron chi connectivity index (χ2n) is 5.60. The van der Waals surface area contributed by atoms with Gasteiger partial charge in [-0.15, -0.1) is 0 Å². The van der Waals surface area contributed by atoms with Gasteiger partial charge in [0.2, 0.25) is 0 Å². The molecule has 1 N–H and O–H groups in total. The van der Waals surface area contributed by atoms with Crippen molar-refractivity contribution in [2.75, 3.05) is 31.7 Å². The summed E-state index contributed by atoms with van der Waals surface area (Å²) in [4.78, 5) is 8.55. The summed E-state index contributed by atoms with van der Waals surface area (Å²) in [5.74, 6) is 0.995. The minimum atomic E-state index is -0.558. The summed E-state index contributed by atoms with van der Waals surface area (Å²) in [6.45, 7) is 1.44. The zero-order valence-electron chi connectivity index (χ0n) is 13.7. The van der Waals surface area contributed by atoms with Crippen LogP contribution in [0.25, 0.3) is 10.9 Å². The van der Waals surface area contributed by atoms with Crippen molar-refractivity contribution in [2.24, 2.45) is 0 Å². The number of anilines is 2. The number of nitrogens with one attached hydrogen (secondary N) is 1. The van der Waals surface area contributed by atoms with Crippen LogP contribution >= 0.6 is 11.6 Å². The SMILES string of the molecule is Fc1cc2c(cc1Cl)Nc1ncnc3ccc(cc13)OCCOCCO2. The molecule has 1 aromatic heterocycles. The fourth-order valence-corrected chi connectivity index (χ4v) is 2.79. The Bertz CT molecular complexity index is 954. The largest absolute Gasteiger partial charge is 0.491 e. The van der Waals surface area contributed by atoms with Crippen LogP contribution in [0.3, 0.4) is 0 Å². The van der Waals surface area contributed by atoms with Gasteiger partial charge >= 0.3 is 0 Å². The van der Waals surface area contributed by atoms with Gasteiger partial charge in [0.1, 0.15) is 42.7 Å². The molecule has 1 aliphatic heterocycles. The van der Waals surface area contributed by atoms with Gasteiger partial charge in [0.05, 0.1) is 29.4 Å². The predicted octanol–water partition coefficient (Wildman–Crippen LogP) is 3.95. The van der Waals surface area contributed by atoms with Crippen LogP contribution in [-0.4, -0.2) is 36.4 Å². The molecule has 2 bridgehead atoms. The zero-order chi connectivity index (χ0) is 17.9. The average Bonchev–Trinajstić information content (AvgIpc) is 2.64. The lowest BCUT2D eigenvalue weighted by molar-refractivity contribution is 0.0765. The third-order valence-corrected chi connectivity index (χ3v) is 4.15. The molecule has 0 atom stereocenters. The second kappa shape index (κ2) is 7.31. The molecule has 8 heteroatoms. The second-order valence-corrected chi connectivity index (χ2v) is 6.01. The van der Waals surface area contributed by atoms with Crippen LogP contribution in [-0.2, 0) is 4.74 Å². The average molecular weight is 376 g/mol. The first-order chi connectivity index (χ1) is 12.7. The van der Waals surface area contributed by atoms with Gasteiger partial charge in [-0.1, -0.05) is 11.6 Å². The van der Waals surface area contributed by atoms with Crippen molar-refractivity contribution in [1.29, 1.82) is 0 Å². The number of fused-ring (bicyclic) bond motifs is 2. The number of ether oxygens (including phenoxy) is 3. The highest BCUT2D eigenvalue weighted by molar-refractivity contribution is 6.31. The van der Waals surface area contributed by atoms with E-state index in [1.165, 1.54) is 18.5 Å². The first kappa shape index (κ1) is 16.8. The molecule has 0 aliphatic carbocycles. The molecule has 2 aromatic carbocycles. The van der Waals surface area contributed by atoms with Crippen molar-refractivity contribution in [3.63, 3.8) is 0 Å². The minimum Gasteiger partial charge on any atom is -0.491 e. The van der Waals surface area contributed by atoms with E-state index in [2.05, 4.69) is 15.3 Å². The summed E-state index contributed by atoms with van der Waals surface area (Å²) in [5.41, 5.74) is 1.24. The molecule has 4 rings (SSSR count). The molecule has 0 amide bonds. The van der Waals surface area contributed by atoms with Gasteiger partial charge in [-0.3, -0.25) is 0 Å². The molecule has 26 heavy (non-hydrogen) atoms. The van der Waals surface area contributed by atoms with Gasteiger partial charge in [0, 0.05) is 11.5 Å². The lowest BCUT2D eigenvalue weighted by Crippen LogP contribution is -2.13. The van der Waals surface area contributed by atoms with Gasteiger partial charge in [-0.25, -0.2) is 14.4 Å². The summed E-state index contributed by atoms with van der Waals surface area (Å²) in [6.07, 6.45) is 1.45. The molecule has 6 nitrogen and oxygen atoms in total. The summed E-state index contributed by atoms with van der Waals surface area (Å²) in [6, 6.07) is 8.24. The highest BCUT2D eigenvalue weighted by Gasteiger charge is 2.14. The lowest BCUT2D eigenvalue weighted by atomic mass is 10.2.